The summed E-state index contributed by atoms with van der Waals surface area (Å²) < 4.78 is 39.1. The lowest BCUT2D eigenvalue weighted by molar-refractivity contribution is -0.176. The molecule has 4 aliphatic rings. The molecule has 3 fully saturated rings. The second kappa shape index (κ2) is 18.4. The van der Waals surface area contributed by atoms with Crippen molar-refractivity contribution < 1.29 is 42.7 Å². The molecule has 1 aromatic heterocycles. The third-order valence-corrected chi connectivity index (χ3v) is 15.6. The first-order valence-corrected chi connectivity index (χ1v) is 20.8. The molecule has 0 radical (unpaired) electrons. The monoisotopic (exact) mass is 896 g/mol. The molecule has 6 atom stereocenters. The van der Waals surface area contributed by atoms with Crippen molar-refractivity contribution in [2.75, 3.05) is 55.7 Å². The molecule has 11 nitrogen and oxygen atoms in total. The number of hydrogen-bond acceptors (Lipinski definition) is 10. The molecule has 17 heteroatoms. The molecule has 3 heterocycles. The zero-order chi connectivity index (χ0) is 40.6. The number of hydrogen-bond donors (Lipinski definition) is 1. The molecule has 3 aromatic rings. The van der Waals surface area contributed by atoms with Crippen molar-refractivity contribution in [1.82, 2.24) is 9.88 Å². The Morgan fingerprint density at radius 3 is 1.89 bits per heavy atom. The Labute approximate surface area is 356 Å². The smallest absolute Gasteiger partial charge is 0.338 e. The molecule has 1 saturated heterocycles. The van der Waals surface area contributed by atoms with Crippen LogP contribution in [0.25, 0.3) is 10.9 Å². The summed E-state index contributed by atoms with van der Waals surface area (Å²) in [4.78, 5) is 33.1. The Morgan fingerprint density at radius 1 is 0.768 bits per heavy atom. The number of alkyl halides is 6. The summed E-state index contributed by atoms with van der Waals surface area (Å²) >= 11 is 35.3. The number of ether oxygens (including phenoxy) is 7. The minimum atomic E-state index is -0.670. The topological polar surface area (TPSA) is 118 Å². The number of benzene rings is 2. The lowest BCUT2D eigenvalue weighted by Gasteiger charge is -2.52. The van der Waals surface area contributed by atoms with Crippen molar-refractivity contribution in [2.24, 2.45) is 17.8 Å². The number of nitrogens with one attached hydrogen (secondary N) is 1. The predicted molar refractivity (Wildman–Crippen MR) is 219 cm³/mol. The van der Waals surface area contributed by atoms with Crippen LogP contribution in [0.3, 0.4) is 0 Å². The van der Waals surface area contributed by atoms with E-state index in [0.29, 0.717) is 23.7 Å². The molecule has 1 N–H and O–H groups in total. The second-order valence-electron chi connectivity index (χ2n) is 14.4. The largest absolute Gasteiger partial charge is 0.497 e. The van der Waals surface area contributed by atoms with E-state index in [4.69, 9.17) is 103 Å². The third kappa shape index (κ3) is 8.18. The van der Waals surface area contributed by atoms with Crippen LogP contribution in [0.15, 0.2) is 30.3 Å². The molecule has 2 aromatic carbocycles. The molecular weight excluding hydrogens is 853 g/mol. The van der Waals surface area contributed by atoms with Gasteiger partial charge in [-0.25, -0.2) is 4.79 Å². The number of H-pyrrole nitrogens is 1. The van der Waals surface area contributed by atoms with Crippen molar-refractivity contribution in [3.8, 4) is 23.0 Å². The highest BCUT2D eigenvalue weighted by Crippen LogP contribution is 2.51. The number of halogens is 6. The Morgan fingerprint density at radius 2 is 1.38 bits per heavy atom. The van der Waals surface area contributed by atoms with Crippen molar-refractivity contribution in [3.63, 3.8) is 0 Å². The number of aromatic amines is 1. The van der Waals surface area contributed by atoms with Gasteiger partial charge in [-0.1, -0.05) is 0 Å². The number of aromatic nitrogens is 1. The van der Waals surface area contributed by atoms with E-state index in [1.54, 1.807) is 26.4 Å². The number of fused-ring (bicyclic) bond motifs is 6. The normalized spacial score (nSPS) is 32.4. The van der Waals surface area contributed by atoms with Gasteiger partial charge in [0.15, 0.2) is 11.5 Å². The fraction of sp³-hybridized carbons (Fsp3) is 0.590. The first-order chi connectivity index (χ1) is 26.8. The SMILES string of the molecule is COC(=O)[C@H]1[C@H]2C[C@@H]3c4[nH]c5cc(OC)ccc5c4CCN3C[C@H]2C[C@@H](OC(=O)c2cc(OC)c(OC)c(OC)c2)[C@@H]1OC.ClC1C(Cl)C(Cl)C(Cl)C(Cl)C1Cl. The van der Waals surface area contributed by atoms with E-state index in [1.165, 1.54) is 45.1 Å². The van der Waals surface area contributed by atoms with Crippen LogP contribution in [-0.4, -0.2) is 122 Å². The Bertz CT molecular complexity index is 1800. The van der Waals surface area contributed by atoms with E-state index in [9.17, 15) is 9.59 Å². The molecule has 2 aliphatic heterocycles. The van der Waals surface area contributed by atoms with Crippen LogP contribution in [0.1, 0.15) is 40.5 Å². The summed E-state index contributed by atoms with van der Waals surface area (Å²) in [7, 11) is 9.10. The van der Waals surface area contributed by atoms with Crippen molar-refractivity contribution in [2.45, 2.75) is 69.8 Å². The summed E-state index contributed by atoms with van der Waals surface area (Å²) in [5.41, 5.74) is 3.83. The summed E-state index contributed by atoms with van der Waals surface area (Å²) in [6.07, 6.45) is 0.920. The van der Waals surface area contributed by atoms with Gasteiger partial charge in [-0.2, -0.15) is 0 Å². The Kier molecular flexibility index (Phi) is 14.2. The van der Waals surface area contributed by atoms with Crippen molar-refractivity contribution in [3.05, 3.63) is 47.2 Å². The summed E-state index contributed by atoms with van der Waals surface area (Å²) in [6.45, 7) is 1.68. The van der Waals surface area contributed by atoms with Crippen LogP contribution in [0, 0.1) is 17.8 Å². The minimum absolute atomic E-state index is 0.0170. The predicted octanol–water partition coefficient (Wildman–Crippen LogP) is 7.82. The number of rotatable bonds is 8. The molecule has 56 heavy (non-hydrogen) atoms. The highest BCUT2D eigenvalue weighted by molar-refractivity contribution is 6.45. The number of carbonyl (C=O) groups excluding carboxylic acids is 2. The average Bonchev–Trinajstić information content (AvgIpc) is 3.60. The van der Waals surface area contributed by atoms with Gasteiger partial charge in [0.1, 0.15) is 18.0 Å². The van der Waals surface area contributed by atoms with Gasteiger partial charge in [0, 0.05) is 42.9 Å². The molecule has 2 saturated carbocycles. The highest BCUT2D eigenvalue weighted by atomic mass is 35.5. The van der Waals surface area contributed by atoms with Gasteiger partial charge < -0.3 is 38.1 Å². The van der Waals surface area contributed by atoms with Gasteiger partial charge >= 0.3 is 11.9 Å². The van der Waals surface area contributed by atoms with Gasteiger partial charge in [-0.3, -0.25) is 9.69 Å². The molecule has 0 spiro atoms. The second-order valence-corrected chi connectivity index (χ2v) is 17.4. The van der Waals surface area contributed by atoms with E-state index in [-0.39, 0.29) is 29.4 Å². The zero-order valence-corrected chi connectivity index (χ0v) is 36.3. The van der Waals surface area contributed by atoms with Crippen LogP contribution >= 0.6 is 69.6 Å². The van der Waals surface area contributed by atoms with Gasteiger partial charge in [0.05, 0.1) is 85.3 Å². The Hall–Kier alpha value is -2.22. The Balaban J connectivity index is 0.000000380. The highest BCUT2D eigenvalue weighted by Gasteiger charge is 2.54. The molecule has 0 unspecified atom stereocenters. The number of piperidine rings is 1. The van der Waals surface area contributed by atoms with Gasteiger partial charge in [0.2, 0.25) is 5.75 Å². The lowest BCUT2D eigenvalue weighted by atomic mass is 9.63. The number of esters is 2. The van der Waals surface area contributed by atoms with E-state index in [0.717, 1.165) is 37.2 Å². The fourth-order valence-electron chi connectivity index (χ4n) is 8.82. The third-order valence-electron chi connectivity index (χ3n) is 11.6. The van der Waals surface area contributed by atoms with E-state index < -0.39 is 56.4 Å². The summed E-state index contributed by atoms with van der Waals surface area (Å²) in [5, 5.41) is -1.41. The first kappa shape index (κ1) is 43.4. The first-order valence-electron chi connectivity index (χ1n) is 18.2. The van der Waals surface area contributed by atoms with Crippen LogP contribution < -0.4 is 18.9 Å². The molecule has 2 aliphatic carbocycles. The molecule has 0 bridgehead atoms. The number of nitrogens with zero attached hydrogens (tertiary/aromatic N) is 1. The van der Waals surface area contributed by atoms with E-state index in [2.05, 4.69) is 16.0 Å². The molecular formula is C39H46Cl6N2O9. The summed E-state index contributed by atoms with van der Waals surface area (Å²) in [5.74, 6) is 0.441. The summed E-state index contributed by atoms with van der Waals surface area (Å²) in [6, 6.07) is 9.40. The fourth-order valence-corrected chi connectivity index (χ4v) is 11.1. The van der Waals surface area contributed by atoms with Crippen LogP contribution in [0.4, 0.5) is 0 Å². The number of methoxy groups -OCH3 is 6. The zero-order valence-electron chi connectivity index (χ0n) is 31.7. The van der Waals surface area contributed by atoms with Crippen LogP contribution in [-0.2, 0) is 25.4 Å². The maximum absolute atomic E-state index is 13.5. The van der Waals surface area contributed by atoms with E-state index in [1.807, 2.05) is 12.1 Å². The van der Waals surface area contributed by atoms with Gasteiger partial charge in [-0.05, 0) is 60.9 Å². The van der Waals surface area contributed by atoms with E-state index >= 15 is 0 Å². The molecule has 0 amide bonds. The van der Waals surface area contributed by atoms with Crippen LogP contribution in [0.5, 0.6) is 23.0 Å². The quantitative estimate of drug-likeness (QED) is 0.177. The van der Waals surface area contributed by atoms with Crippen LogP contribution in [0.2, 0.25) is 0 Å². The average molecular weight is 900 g/mol. The minimum Gasteiger partial charge on any atom is -0.497 e. The molecule has 308 valence electrons. The maximum atomic E-state index is 13.5. The van der Waals surface area contributed by atoms with Crippen molar-refractivity contribution >= 4 is 92.4 Å². The standard InChI is InChI=1S/C33H40N2O9.C6H6Cl6/c1-38-19-7-8-20-21-9-10-35-16-18-13-27(44-32(36)17-11-25(39-2)30(41-4)26(12-17)40-3)31(42-5)28(33(37)43-6)22(18)15-24(35)29(21)34-23(20)14-19;7-1-2(8)4(10)6(12)5(11)3(1)9/h7-8,11-12,14,18,22,24,27-28,31,34H,9-10,13,15-16H2,1-6H3;1-6H/t18-,22+,24-,27-,28+,31+;/m1./s1. The lowest BCUT2D eigenvalue weighted by Crippen LogP contribution is -2.58. The van der Waals surface area contributed by atoms with Crippen molar-refractivity contribution in [1.29, 1.82) is 0 Å². The molecule has 7 rings (SSSR count). The number of carbonyl (C=O) groups is 2. The van der Waals surface area contributed by atoms with Gasteiger partial charge in [0.25, 0.3) is 0 Å². The maximum Gasteiger partial charge on any atom is 0.338 e. The van der Waals surface area contributed by atoms with Gasteiger partial charge in [-0.15, -0.1) is 69.6 Å².